The summed E-state index contributed by atoms with van der Waals surface area (Å²) < 4.78 is 5.26. The summed E-state index contributed by atoms with van der Waals surface area (Å²) in [5.41, 5.74) is 1.25. The van der Waals surface area contributed by atoms with E-state index >= 15 is 0 Å². The van der Waals surface area contributed by atoms with E-state index in [9.17, 15) is 14.4 Å². The number of amides is 2. The number of benzene rings is 1. The molecule has 0 aliphatic heterocycles. The van der Waals surface area contributed by atoms with Gasteiger partial charge in [-0.3, -0.25) is 14.4 Å². The molecule has 30 heavy (non-hydrogen) atoms. The average Bonchev–Trinajstić information content (AvgIpc) is 2.62. The van der Waals surface area contributed by atoms with Crippen molar-refractivity contribution in [2.45, 2.75) is 91.2 Å². The van der Waals surface area contributed by atoms with Crippen molar-refractivity contribution in [1.82, 2.24) is 10.6 Å². The first kappa shape index (κ1) is 25.7. The monoisotopic (exact) mass is 418 g/mol. The summed E-state index contributed by atoms with van der Waals surface area (Å²) >= 11 is 0. The summed E-state index contributed by atoms with van der Waals surface area (Å²) in [6.07, 6.45) is 2.69. The molecule has 1 aromatic rings. The van der Waals surface area contributed by atoms with Gasteiger partial charge in [0.2, 0.25) is 5.91 Å². The van der Waals surface area contributed by atoms with Crippen LogP contribution in [-0.2, 0) is 19.7 Å². The lowest BCUT2D eigenvalue weighted by Gasteiger charge is -2.19. The molecule has 0 saturated carbocycles. The molecule has 1 aromatic carbocycles. The molecule has 2 amide bonds. The van der Waals surface area contributed by atoms with Gasteiger partial charge in [0.25, 0.3) is 5.91 Å². The third-order valence-electron chi connectivity index (χ3n) is 4.53. The molecule has 6 heteroatoms. The molecule has 0 saturated heterocycles. The van der Waals surface area contributed by atoms with Gasteiger partial charge in [-0.05, 0) is 63.6 Å². The molecular weight excluding hydrogens is 380 g/mol. The predicted octanol–water partition coefficient (Wildman–Crippen LogP) is 4.12. The Morgan fingerprint density at radius 1 is 0.933 bits per heavy atom. The molecule has 0 bridgehead atoms. The Labute approximate surface area is 181 Å². The number of esters is 1. The summed E-state index contributed by atoms with van der Waals surface area (Å²) in [4.78, 5) is 36.2. The smallest absolute Gasteiger partial charge is 0.306 e. The van der Waals surface area contributed by atoms with Crippen LogP contribution in [0, 0.1) is 0 Å². The van der Waals surface area contributed by atoms with E-state index < -0.39 is 11.6 Å². The number of carbonyl (C=O) groups is 3. The van der Waals surface area contributed by atoms with Gasteiger partial charge in [-0.15, -0.1) is 0 Å². The van der Waals surface area contributed by atoms with Crippen molar-refractivity contribution < 1.29 is 19.1 Å². The topological polar surface area (TPSA) is 84.5 Å². The SMILES string of the molecule is CC(NC(=O)c1ccc(C(C)(C)C)cc1)C(=O)NCCCCCC(=O)OC(C)(C)C. The van der Waals surface area contributed by atoms with E-state index in [-0.39, 0.29) is 23.2 Å². The highest BCUT2D eigenvalue weighted by Gasteiger charge is 2.18. The average molecular weight is 419 g/mol. The minimum Gasteiger partial charge on any atom is -0.460 e. The van der Waals surface area contributed by atoms with Crippen LogP contribution in [0.2, 0.25) is 0 Å². The minimum absolute atomic E-state index is 0.0229. The Hall–Kier alpha value is -2.37. The lowest BCUT2D eigenvalue weighted by Crippen LogP contribution is -2.45. The Balaban J connectivity index is 2.29. The van der Waals surface area contributed by atoms with E-state index in [1.54, 1.807) is 19.1 Å². The summed E-state index contributed by atoms with van der Waals surface area (Å²) in [7, 11) is 0. The fraction of sp³-hybridized carbons (Fsp3) is 0.625. The van der Waals surface area contributed by atoms with E-state index in [1.807, 2.05) is 32.9 Å². The van der Waals surface area contributed by atoms with Gasteiger partial charge in [0.15, 0.2) is 0 Å². The number of unbranched alkanes of at least 4 members (excludes halogenated alkanes) is 2. The van der Waals surface area contributed by atoms with E-state index in [4.69, 9.17) is 4.74 Å². The van der Waals surface area contributed by atoms with Crippen molar-refractivity contribution in [3.05, 3.63) is 35.4 Å². The van der Waals surface area contributed by atoms with Gasteiger partial charge in [-0.1, -0.05) is 39.3 Å². The minimum atomic E-state index is -0.624. The molecule has 1 rings (SSSR count). The number of rotatable bonds is 9. The highest BCUT2D eigenvalue weighted by molar-refractivity contribution is 5.97. The molecule has 6 nitrogen and oxygen atoms in total. The second kappa shape index (κ2) is 11.1. The van der Waals surface area contributed by atoms with Crippen molar-refractivity contribution >= 4 is 17.8 Å². The van der Waals surface area contributed by atoms with Gasteiger partial charge in [0.1, 0.15) is 11.6 Å². The van der Waals surface area contributed by atoms with Crippen LogP contribution in [0.4, 0.5) is 0 Å². The van der Waals surface area contributed by atoms with E-state index in [2.05, 4.69) is 31.4 Å². The molecule has 0 aliphatic carbocycles. The highest BCUT2D eigenvalue weighted by atomic mass is 16.6. The third-order valence-corrected chi connectivity index (χ3v) is 4.53. The lowest BCUT2D eigenvalue weighted by molar-refractivity contribution is -0.154. The Bertz CT molecular complexity index is 712. The molecule has 2 N–H and O–H groups in total. The Morgan fingerprint density at radius 2 is 1.53 bits per heavy atom. The van der Waals surface area contributed by atoms with Gasteiger partial charge >= 0.3 is 5.97 Å². The molecule has 1 atom stereocenters. The van der Waals surface area contributed by atoms with Crippen molar-refractivity contribution in [3.8, 4) is 0 Å². The number of hydrogen-bond acceptors (Lipinski definition) is 4. The molecule has 168 valence electrons. The molecule has 0 fully saturated rings. The summed E-state index contributed by atoms with van der Waals surface area (Å²) in [5.74, 6) is -0.685. The fourth-order valence-corrected chi connectivity index (χ4v) is 2.80. The second-order valence-electron chi connectivity index (χ2n) is 9.71. The van der Waals surface area contributed by atoms with Crippen molar-refractivity contribution in [2.75, 3.05) is 6.54 Å². The largest absolute Gasteiger partial charge is 0.460 e. The molecule has 0 spiro atoms. The fourth-order valence-electron chi connectivity index (χ4n) is 2.80. The summed E-state index contributed by atoms with van der Waals surface area (Å²) in [5, 5.41) is 5.56. The first-order valence-corrected chi connectivity index (χ1v) is 10.7. The summed E-state index contributed by atoms with van der Waals surface area (Å²) in [6.45, 7) is 14.1. The van der Waals surface area contributed by atoms with Gasteiger partial charge in [0, 0.05) is 18.5 Å². The van der Waals surface area contributed by atoms with Crippen LogP contribution in [0.15, 0.2) is 24.3 Å². The molecule has 0 heterocycles. The molecule has 0 radical (unpaired) electrons. The van der Waals surface area contributed by atoms with Crippen LogP contribution < -0.4 is 10.6 Å². The zero-order valence-corrected chi connectivity index (χ0v) is 19.6. The van der Waals surface area contributed by atoms with Crippen LogP contribution in [0.1, 0.15) is 90.1 Å². The quantitative estimate of drug-likeness (QED) is 0.467. The molecular formula is C24H38N2O4. The Kier molecular flexibility index (Phi) is 9.53. The van der Waals surface area contributed by atoms with Gasteiger partial charge in [0.05, 0.1) is 0 Å². The third kappa shape index (κ3) is 9.90. The summed E-state index contributed by atoms with van der Waals surface area (Å²) in [6, 6.07) is 6.83. The first-order valence-electron chi connectivity index (χ1n) is 10.7. The predicted molar refractivity (Wildman–Crippen MR) is 119 cm³/mol. The van der Waals surface area contributed by atoms with Gasteiger partial charge in [-0.25, -0.2) is 0 Å². The molecule has 0 aliphatic rings. The van der Waals surface area contributed by atoms with Crippen molar-refractivity contribution in [3.63, 3.8) is 0 Å². The first-order chi connectivity index (χ1) is 13.8. The molecule has 1 unspecified atom stereocenters. The number of ether oxygens (including phenoxy) is 1. The lowest BCUT2D eigenvalue weighted by atomic mass is 9.86. The van der Waals surface area contributed by atoms with Gasteiger partial charge in [-0.2, -0.15) is 0 Å². The Morgan fingerprint density at radius 3 is 2.07 bits per heavy atom. The maximum Gasteiger partial charge on any atom is 0.306 e. The van der Waals surface area contributed by atoms with Crippen LogP contribution >= 0.6 is 0 Å². The van der Waals surface area contributed by atoms with E-state index in [0.29, 0.717) is 18.5 Å². The maximum atomic E-state index is 12.4. The molecule has 0 aromatic heterocycles. The zero-order valence-electron chi connectivity index (χ0n) is 19.6. The van der Waals surface area contributed by atoms with Crippen LogP contribution in [0.3, 0.4) is 0 Å². The van der Waals surface area contributed by atoms with Crippen LogP contribution in [-0.4, -0.2) is 36.0 Å². The standard InChI is InChI=1S/C24H38N2O4/c1-17(26-22(29)18-12-14-19(15-13-18)23(2,3)4)21(28)25-16-10-8-9-11-20(27)30-24(5,6)7/h12-15,17H,8-11,16H2,1-7H3,(H,25,28)(H,26,29). The van der Waals surface area contributed by atoms with Crippen molar-refractivity contribution in [2.24, 2.45) is 0 Å². The number of hydrogen-bond donors (Lipinski definition) is 2. The maximum absolute atomic E-state index is 12.4. The van der Waals surface area contributed by atoms with Crippen molar-refractivity contribution in [1.29, 1.82) is 0 Å². The number of nitrogens with one attached hydrogen (secondary N) is 2. The second-order valence-corrected chi connectivity index (χ2v) is 9.71. The highest BCUT2D eigenvalue weighted by Crippen LogP contribution is 2.22. The van der Waals surface area contributed by atoms with Crippen LogP contribution in [0.5, 0.6) is 0 Å². The van der Waals surface area contributed by atoms with Crippen LogP contribution in [0.25, 0.3) is 0 Å². The normalized spacial score (nSPS) is 12.8. The van der Waals surface area contributed by atoms with Gasteiger partial charge < -0.3 is 15.4 Å². The zero-order chi connectivity index (χ0) is 22.9. The van der Waals surface area contributed by atoms with E-state index in [0.717, 1.165) is 24.8 Å². The number of carbonyl (C=O) groups excluding carboxylic acids is 3. The van der Waals surface area contributed by atoms with E-state index in [1.165, 1.54) is 0 Å².